The second-order valence-electron chi connectivity index (χ2n) is 8.70. The fraction of sp³-hybridized carbons (Fsp3) is 0.762. The molecule has 2 amide bonds. The second-order valence-corrected chi connectivity index (χ2v) is 8.70. The number of nitrogen functional groups attached to an aromatic ring is 1. The van der Waals surface area contributed by atoms with Crippen molar-refractivity contribution in [3.63, 3.8) is 0 Å². The lowest BCUT2D eigenvalue weighted by Crippen LogP contribution is -2.59. The molecule has 0 spiro atoms. The van der Waals surface area contributed by atoms with E-state index >= 15 is 0 Å². The summed E-state index contributed by atoms with van der Waals surface area (Å²) in [6.07, 6.45) is 5.89. The highest BCUT2D eigenvalue weighted by Gasteiger charge is 2.40. The van der Waals surface area contributed by atoms with Crippen LogP contribution in [0.1, 0.15) is 37.9 Å². The Kier molecular flexibility index (Phi) is 7.29. The van der Waals surface area contributed by atoms with Gasteiger partial charge in [-0.05, 0) is 64.7 Å². The smallest absolute Gasteiger partial charge is 0.317 e. The van der Waals surface area contributed by atoms with Gasteiger partial charge >= 0.3 is 6.03 Å². The molecular formula is C21H37N7O. The lowest BCUT2D eigenvalue weighted by Gasteiger charge is -2.47. The van der Waals surface area contributed by atoms with Gasteiger partial charge in [0.25, 0.3) is 0 Å². The van der Waals surface area contributed by atoms with Crippen LogP contribution in [-0.2, 0) is 12.8 Å². The number of nitrogens with zero attached hydrogens (tertiary/aromatic N) is 5. The SMILES string of the molecule is CCCN1C[C@@H](NC(=O)N(CC)CCN(C)C)C[C@@H]2Cc3nc(N)ncc3C[C@H]21. The number of anilines is 1. The first kappa shape index (κ1) is 21.8. The molecule has 2 heterocycles. The summed E-state index contributed by atoms with van der Waals surface area (Å²) in [5.41, 5.74) is 8.13. The predicted octanol–water partition coefficient (Wildman–Crippen LogP) is 1.22. The number of rotatable bonds is 7. The van der Waals surface area contributed by atoms with Crippen molar-refractivity contribution in [1.29, 1.82) is 0 Å². The normalized spacial score (nSPS) is 24.1. The van der Waals surface area contributed by atoms with Crippen LogP contribution in [0, 0.1) is 5.92 Å². The molecule has 0 aromatic carbocycles. The summed E-state index contributed by atoms with van der Waals surface area (Å²) in [6, 6.07) is 0.723. The number of likely N-dealkylation sites (tertiary alicyclic amines) is 1. The number of amides is 2. The summed E-state index contributed by atoms with van der Waals surface area (Å²) in [4.78, 5) is 28.1. The van der Waals surface area contributed by atoms with Crippen molar-refractivity contribution in [3.8, 4) is 0 Å². The van der Waals surface area contributed by atoms with Crippen LogP contribution in [0.2, 0.25) is 0 Å². The highest BCUT2D eigenvalue weighted by molar-refractivity contribution is 5.74. The average Bonchev–Trinajstić information content (AvgIpc) is 2.67. The maximum Gasteiger partial charge on any atom is 0.317 e. The van der Waals surface area contributed by atoms with Gasteiger partial charge in [0.2, 0.25) is 5.95 Å². The van der Waals surface area contributed by atoms with E-state index in [9.17, 15) is 4.79 Å². The summed E-state index contributed by atoms with van der Waals surface area (Å²) < 4.78 is 0. The number of piperidine rings is 1. The Labute approximate surface area is 174 Å². The van der Waals surface area contributed by atoms with Gasteiger partial charge in [0.1, 0.15) is 0 Å². The third-order valence-electron chi connectivity index (χ3n) is 6.24. The first-order valence-corrected chi connectivity index (χ1v) is 11.0. The standard InChI is InChI=1S/C21H37N7O/c1-5-7-28-14-17(24-21(29)27(6-2)9-8-26(3)4)10-15-11-18-16(12-19(15)28)13-23-20(22)25-18/h13,15,17,19H,5-12,14H2,1-4H3,(H,24,29)(H2,22,23,25)/t15-,17+,19-/m1/s1. The molecule has 162 valence electrons. The lowest BCUT2D eigenvalue weighted by atomic mass is 9.76. The summed E-state index contributed by atoms with van der Waals surface area (Å²) in [5.74, 6) is 0.840. The molecule has 1 aliphatic heterocycles. The Morgan fingerprint density at radius 3 is 2.79 bits per heavy atom. The Balaban J connectivity index is 1.68. The van der Waals surface area contributed by atoms with Gasteiger partial charge in [-0.1, -0.05) is 6.92 Å². The molecule has 29 heavy (non-hydrogen) atoms. The van der Waals surface area contributed by atoms with E-state index in [1.54, 1.807) is 0 Å². The summed E-state index contributed by atoms with van der Waals surface area (Å²) in [7, 11) is 4.07. The summed E-state index contributed by atoms with van der Waals surface area (Å²) in [6.45, 7) is 8.57. The topological polar surface area (TPSA) is 90.6 Å². The van der Waals surface area contributed by atoms with Crippen molar-refractivity contribution in [2.45, 2.75) is 51.6 Å². The molecule has 3 atom stereocenters. The molecule has 3 N–H and O–H groups in total. The quantitative estimate of drug-likeness (QED) is 0.711. The lowest BCUT2D eigenvalue weighted by molar-refractivity contribution is 0.0624. The fourth-order valence-corrected chi connectivity index (χ4v) is 4.75. The van der Waals surface area contributed by atoms with Gasteiger partial charge in [-0.15, -0.1) is 0 Å². The first-order valence-electron chi connectivity index (χ1n) is 11.0. The molecule has 0 unspecified atom stereocenters. The molecule has 1 saturated heterocycles. The van der Waals surface area contributed by atoms with Gasteiger partial charge in [0.05, 0.1) is 0 Å². The van der Waals surface area contributed by atoms with E-state index in [0.29, 0.717) is 17.9 Å². The highest BCUT2D eigenvalue weighted by Crippen LogP contribution is 2.34. The molecule has 1 aliphatic carbocycles. The number of carbonyl (C=O) groups is 1. The number of hydrogen-bond acceptors (Lipinski definition) is 6. The van der Waals surface area contributed by atoms with Crippen molar-refractivity contribution in [1.82, 2.24) is 30.0 Å². The summed E-state index contributed by atoms with van der Waals surface area (Å²) >= 11 is 0. The number of hydrogen-bond donors (Lipinski definition) is 2. The van der Waals surface area contributed by atoms with Gasteiger partial charge in [-0.2, -0.15) is 0 Å². The predicted molar refractivity (Wildman–Crippen MR) is 116 cm³/mol. The number of likely N-dealkylation sites (N-methyl/N-ethyl adjacent to an activating group) is 2. The monoisotopic (exact) mass is 403 g/mol. The van der Waals surface area contributed by atoms with E-state index in [1.807, 2.05) is 32.1 Å². The van der Waals surface area contributed by atoms with Crippen molar-refractivity contribution in [2.75, 3.05) is 52.6 Å². The zero-order valence-corrected chi connectivity index (χ0v) is 18.4. The van der Waals surface area contributed by atoms with E-state index in [-0.39, 0.29) is 12.1 Å². The third-order valence-corrected chi connectivity index (χ3v) is 6.24. The maximum atomic E-state index is 12.9. The van der Waals surface area contributed by atoms with E-state index < -0.39 is 0 Å². The third kappa shape index (κ3) is 5.36. The number of nitrogens with one attached hydrogen (secondary N) is 1. The van der Waals surface area contributed by atoms with Gasteiger partial charge in [-0.25, -0.2) is 14.8 Å². The van der Waals surface area contributed by atoms with E-state index in [2.05, 4.69) is 32.0 Å². The Morgan fingerprint density at radius 2 is 2.10 bits per heavy atom. The van der Waals surface area contributed by atoms with Crippen LogP contribution in [0.4, 0.5) is 10.7 Å². The van der Waals surface area contributed by atoms with Crippen molar-refractivity contribution < 1.29 is 4.79 Å². The zero-order valence-electron chi connectivity index (χ0n) is 18.4. The molecular weight excluding hydrogens is 366 g/mol. The number of urea groups is 1. The van der Waals surface area contributed by atoms with Crippen molar-refractivity contribution in [2.24, 2.45) is 5.92 Å². The molecule has 2 aliphatic rings. The van der Waals surface area contributed by atoms with Gasteiger partial charge < -0.3 is 20.9 Å². The van der Waals surface area contributed by atoms with Crippen LogP contribution >= 0.6 is 0 Å². The van der Waals surface area contributed by atoms with Gasteiger partial charge in [0.15, 0.2) is 0 Å². The highest BCUT2D eigenvalue weighted by atomic mass is 16.2. The molecule has 0 radical (unpaired) electrons. The summed E-state index contributed by atoms with van der Waals surface area (Å²) in [5, 5.41) is 3.32. The number of aromatic nitrogens is 2. The van der Waals surface area contributed by atoms with E-state index in [4.69, 9.17) is 5.73 Å². The van der Waals surface area contributed by atoms with Crippen LogP contribution in [0.15, 0.2) is 6.20 Å². The van der Waals surface area contributed by atoms with Crippen LogP contribution < -0.4 is 11.1 Å². The molecule has 1 fully saturated rings. The Morgan fingerprint density at radius 1 is 1.31 bits per heavy atom. The fourth-order valence-electron chi connectivity index (χ4n) is 4.75. The second kappa shape index (κ2) is 9.71. The number of carbonyl (C=O) groups excluding carboxylic acids is 1. The number of nitrogens with two attached hydrogens (primary N) is 1. The molecule has 1 aromatic heterocycles. The molecule has 3 rings (SSSR count). The van der Waals surface area contributed by atoms with Gasteiger partial charge in [-0.3, -0.25) is 4.90 Å². The largest absolute Gasteiger partial charge is 0.368 e. The minimum atomic E-state index is 0.0528. The zero-order chi connectivity index (χ0) is 21.0. The minimum Gasteiger partial charge on any atom is -0.368 e. The molecule has 0 bridgehead atoms. The van der Waals surface area contributed by atoms with E-state index in [1.165, 1.54) is 5.56 Å². The van der Waals surface area contributed by atoms with Crippen LogP contribution in [0.25, 0.3) is 0 Å². The molecule has 8 heteroatoms. The number of fused-ring (bicyclic) bond motifs is 2. The van der Waals surface area contributed by atoms with Crippen molar-refractivity contribution in [3.05, 3.63) is 17.5 Å². The van der Waals surface area contributed by atoms with Crippen LogP contribution in [0.3, 0.4) is 0 Å². The average molecular weight is 404 g/mol. The first-order chi connectivity index (χ1) is 13.9. The molecule has 1 aromatic rings. The maximum absolute atomic E-state index is 12.9. The molecule has 0 saturated carbocycles. The van der Waals surface area contributed by atoms with Crippen LogP contribution in [0.5, 0.6) is 0 Å². The van der Waals surface area contributed by atoms with E-state index in [0.717, 1.165) is 64.1 Å². The Hall–Kier alpha value is -1.93. The van der Waals surface area contributed by atoms with Gasteiger partial charge in [0, 0.05) is 50.2 Å². The minimum absolute atomic E-state index is 0.0528. The van der Waals surface area contributed by atoms with Crippen LogP contribution in [-0.4, -0.2) is 89.6 Å². The Bertz CT molecular complexity index is 696. The van der Waals surface area contributed by atoms with Crippen molar-refractivity contribution >= 4 is 12.0 Å². The molecule has 8 nitrogen and oxygen atoms in total.